The van der Waals surface area contributed by atoms with Crippen LogP contribution in [0.1, 0.15) is 25.7 Å². The summed E-state index contributed by atoms with van der Waals surface area (Å²) >= 11 is 11.6. The molecule has 0 saturated carbocycles. The summed E-state index contributed by atoms with van der Waals surface area (Å²) in [4.78, 5) is 33.6. The van der Waals surface area contributed by atoms with E-state index >= 15 is 0 Å². The van der Waals surface area contributed by atoms with Crippen molar-refractivity contribution in [3.8, 4) is 0 Å². The summed E-state index contributed by atoms with van der Waals surface area (Å²) in [6, 6.07) is 4.08. The normalized spacial score (nSPS) is 10.1. The smallest absolute Gasteiger partial charge is 0.312 e. The van der Waals surface area contributed by atoms with E-state index in [1.54, 1.807) is 12.1 Å². The third-order valence-electron chi connectivity index (χ3n) is 2.92. The monoisotopic (exact) mass is 375 g/mol. The maximum absolute atomic E-state index is 11.7. The van der Waals surface area contributed by atoms with Crippen LogP contribution in [-0.4, -0.2) is 31.1 Å². The predicted molar refractivity (Wildman–Crippen MR) is 92.1 cm³/mol. The number of rotatable bonds is 9. The van der Waals surface area contributed by atoms with Crippen molar-refractivity contribution in [3.05, 3.63) is 28.2 Å². The first-order valence-corrected chi connectivity index (χ1v) is 8.08. The summed E-state index contributed by atoms with van der Waals surface area (Å²) in [6.45, 7) is 0.0960. The van der Waals surface area contributed by atoms with Gasteiger partial charge in [0.25, 0.3) is 5.91 Å². The number of unbranched alkanes of at least 4 members (excludes halogenated alkanes) is 2. The summed E-state index contributed by atoms with van der Waals surface area (Å²) in [5, 5.41) is 5.70. The number of nitrogens with one attached hydrogen (secondary N) is 2. The molecule has 0 radical (unpaired) electrons. The molecule has 0 bridgehead atoms. The van der Waals surface area contributed by atoms with E-state index in [4.69, 9.17) is 33.7 Å². The predicted octanol–water partition coefficient (Wildman–Crippen LogP) is 2.70. The molecular weight excluding hydrogens is 357 g/mol. The van der Waals surface area contributed by atoms with Gasteiger partial charge in [-0.05, 0) is 31.0 Å². The second-order valence-corrected chi connectivity index (χ2v) is 5.75. The van der Waals surface area contributed by atoms with Gasteiger partial charge < -0.3 is 21.1 Å². The van der Waals surface area contributed by atoms with Crippen molar-refractivity contribution in [3.63, 3.8) is 0 Å². The van der Waals surface area contributed by atoms with Crippen LogP contribution in [0.4, 0.5) is 10.5 Å². The summed E-state index contributed by atoms with van der Waals surface area (Å²) in [5.74, 6) is -0.922. The van der Waals surface area contributed by atoms with Crippen LogP contribution in [0.3, 0.4) is 0 Å². The van der Waals surface area contributed by atoms with E-state index in [2.05, 4.69) is 10.6 Å². The van der Waals surface area contributed by atoms with Gasteiger partial charge in [0.2, 0.25) is 0 Å². The van der Waals surface area contributed by atoms with Gasteiger partial charge in [-0.3, -0.25) is 9.59 Å². The Morgan fingerprint density at radius 3 is 2.50 bits per heavy atom. The summed E-state index contributed by atoms with van der Waals surface area (Å²) in [7, 11) is 0. The first-order valence-electron chi connectivity index (χ1n) is 7.32. The number of urea groups is 1. The molecule has 0 aliphatic carbocycles. The number of nitrogens with two attached hydrogens (primary N) is 1. The van der Waals surface area contributed by atoms with E-state index in [1.807, 2.05) is 0 Å². The van der Waals surface area contributed by atoms with Crippen LogP contribution in [0.15, 0.2) is 18.2 Å². The Kier molecular flexibility index (Phi) is 8.96. The highest BCUT2D eigenvalue weighted by atomic mass is 35.5. The topological polar surface area (TPSA) is 111 Å². The number of hydrogen-bond donors (Lipinski definition) is 3. The van der Waals surface area contributed by atoms with Crippen LogP contribution in [0.25, 0.3) is 0 Å². The van der Waals surface area contributed by atoms with E-state index in [0.29, 0.717) is 35.1 Å². The van der Waals surface area contributed by atoms with Crippen LogP contribution >= 0.6 is 23.2 Å². The fourth-order valence-electron chi connectivity index (χ4n) is 1.77. The summed E-state index contributed by atoms with van der Waals surface area (Å²) in [5.41, 5.74) is 5.38. The van der Waals surface area contributed by atoms with Crippen molar-refractivity contribution in [2.75, 3.05) is 18.5 Å². The molecule has 0 fully saturated rings. The minimum absolute atomic E-state index is 0.205. The molecule has 4 N–H and O–H groups in total. The number of amides is 3. The van der Waals surface area contributed by atoms with Crippen LogP contribution in [0.5, 0.6) is 0 Å². The van der Waals surface area contributed by atoms with Gasteiger partial charge in [0, 0.05) is 18.7 Å². The number of anilines is 1. The molecule has 7 nitrogen and oxygen atoms in total. The molecule has 9 heteroatoms. The Bertz CT molecular complexity index is 596. The minimum Gasteiger partial charge on any atom is -0.456 e. The van der Waals surface area contributed by atoms with Gasteiger partial charge in [-0.15, -0.1) is 0 Å². The Labute approximate surface area is 149 Å². The maximum Gasteiger partial charge on any atom is 0.312 e. The molecule has 0 aliphatic heterocycles. The van der Waals surface area contributed by atoms with E-state index in [1.165, 1.54) is 6.07 Å². The Morgan fingerprint density at radius 1 is 1.08 bits per heavy atom. The highest BCUT2D eigenvalue weighted by Gasteiger charge is 2.08. The molecule has 1 aromatic rings. The van der Waals surface area contributed by atoms with E-state index in [-0.39, 0.29) is 13.0 Å². The Balaban J connectivity index is 2.16. The lowest BCUT2D eigenvalue weighted by molar-refractivity contribution is -0.147. The van der Waals surface area contributed by atoms with Crippen molar-refractivity contribution in [2.45, 2.75) is 25.7 Å². The number of esters is 1. The lowest BCUT2D eigenvalue weighted by atomic mass is 10.2. The van der Waals surface area contributed by atoms with Gasteiger partial charge in [0.15, 0.2) is 6.61 Å². The molecule has 0 aliphatic rings. The van der Waals surface area contributed by atoms with Crippen molar-refractivity contribution in [2.24, 2.45) is 5.73 Å². The molecule has 24 heavy (non-hydrogen) atoms. The van der Waals surface area contributed by atoms with E-state index in [9.17, 15) is 14.4 Å². The quantitative estimate of drug-likeness (QED) is 0.455. The number of carbonyl (C=O) groups is 3. The van der Waals surface area contributed by atoms with Crippen molar-refractivity contribution in [1.82, 2.24) is 5.32 Å². The van der Waals surface area contributed by atoms with Gasteiger partial charge in [0.05, 0.1) is 10.0 Å². The first-order chi connectivity index (χ1) is 11.4. The number of carbonyl (C=O) groups excluding carboxylic acids is 3. The molecule has 0 atom stereocenters. The molecule has 0 unspecified atom stereocenters. The van der Waals surface area contributed by atoms with Gasteiger partial charge in [-0.2, -0.15) is 0 Å². The average molecular weight is 376 g/mol. The third kappa shape index (κ3) is 8.59. The molecule has 3 amide bonds. The van der Waals surface area contributed by atoms with Crippen LogP contribution < -0.4 is 16.4 Å². The zero-order chi connectivity index (χ0) is 17.9. The molecule has 0 aromatic heterocycles. The van der Waals surface area contributed by atoms with Crippen molar-refractivity contribution in [1.29, 1.82) is 0 Å². The average Bonchev–Trinajstić information content (AvgIpc) is 2.52. The molecule has 132 valence electrons. The fraction of sp³-hybridized carbons (Fsp3) is 0.400. The summed E-state index contributed by atoms with van der Waals surface area (Å²) in [6.07, 6.45) is 2.27. The number of halogens is 2. The molecular formula is C15H19Cl2N3O4. The Morgan fingerprint density at radius 2 is 1.83 bits per heavy atom. The zero-order valence-corrected chi connectivity index (χ0v) is 14.5. The summed E-state index contributed by atoms with van der Waals surface area (Å²) < 4.78 is 4.87. The van der Waals surface area contributed by atoms with Crippen LogP contribution in [0.2, 0.25) is 10.0 Å². The lowest BCUT2D eigenvalue weighted by Gasteiger charge is -2.07. The molecule has 1 rings (SSSR count). The van der Waals surface area contributed by atoms with Crippen molar-refractivity contribution >= 4 is 46.8 Å². The van der Waals surface area contributed by atoms with Gasteiger partial charge in [-0.1, -0.05) is 29.6 Å². The van der Waals surface area contributed by atoms with Gasteiger partial charge in [-0.25, -0.2) is 4.79 Å². The molecule has 1 aromatic carbocycles. The number of primary amides is 1. The highest BCUT2D eigenvalue weighted by molar-refractivity contribution is 6.42. The maximum atomic E-state index is 11.7. The molecule has 0 saturated heterocycles. The van der Waals surface area contributed by atoms with E-state index in [0.717, 1.165) is 6.42 Å². The van der Waals surface area contributed by atoms with E-state index < -0.39 is 17.9 Å². The largest absolute Gasteiger partial charge is 0.456 e. The zero-order valence-electron chi connectivity index (χ0n) is 12.9. The second-order valence-electron chi connectivity index (χ2n) is 4.94. The number of hydrogen-bond acceptors (Lipinski definition) is 4. The van der Waals surface area contributed by atoms with Crippen LogP contribution in [-0.2, 0) is 14.3 Å². The minimum atomic E-state index is -0.567. The SMILES string of the molecule is NC(=O)NCCCCCC(=O)OCC(=O)Nc1ccc(Cl)c(Cl)c1. The number of ether oxygens (including phenoxy) is 1. The highest BCUT2D eigenvalue weighted by Crippen LogP contribution is 2.24. The lowest BCUT2D eigenvalue weighted by Crippen LogP contribution is -2.29. The third-order valence-corrected chi connectivity index (χ3v) is 3.66. The molecule has 0 spiro atoms. The Hall–Kier alpha value is -1.99. The molecule has 0 heterocycles. The first kappa shape index (κ1) is 20.1. The van der Waals surface area contributed by atoms with Crippen LogP contribution in [0, 0.1) is 0 Å². The second kappa shape index (κ2) is 10.7. The van der Waals surface area contributed by atoms with Gasteiger partial charge in [0.1, 0.15) is 0 Å². The van der Waals surface area contributed by atoms with Gasteiger partial charge >= 0.3 is 12.0 Å². The fourth-order valence-corrected chi connectivity index (χ4v) is 2.07. The number of benzene rings is 1. The standard InChI is InChI=1S/C15H19Cl2N3O4/c16-11-6-5-10(8-12(11)17)20-13(21)9-24-14(22)4-2-1-3-7-19-15(18)23/h5-6,8H,1-4,7,9H2,(H,20,21)(H3,18,19,23). The van der Waals surface area contributed by atoms with Crippen molar-refractivity contribution < 1.29 is 19.1 Å².